The molecule has 0 aliphatic heterocycles. The van der Waals surface area contributed by atoms with Crippen LogP contribution in [0.5, 0.6) is 5.75 Å². The molecule has 0 heterocycles. The van der Waals surface area contributed by atoms with E-state index in [0.717, 1.165) is 31.1 Å². The lowest BCUT2D eigenvalue weighted by Crippen LogP contribution is -2.39. The van der Waals surface area contributed by atoms with Crippen LogP contribution in [0.3, 0.4) is 0 Å². The first-order chi connectivity index (χ1) is 11.9. The van der Waals surface area contributed by atoms with Gasteiger partial charge in [0.1, 0.15) is 11.3 Å². The number of amides is 1. The highest BCUT2D eigenvalue weighted by Crippen LogP contribution is 2.28. The highest BCUT2D eigenvalue weighted by Gasteiger charge is 2.19. The zero-order valence-corrected chi connectivity index (χ0v) is 13.7. The fourth-order valence-corrected chi connectivity index (χ4v) is 2.87. The summed E-state index contributed by atoms with van der Waals surface area (Å²) < 4.78 is 0. The summed E-state index contributed by atoms with van der Waals surface area (Å²) in [6.07, 6.45) is 2.71. The number of nitrogens with one attached hydrogen (secondary N) is 1. The summed E-state index contributed by atoms with van der Waals surface area (Å²) in [7, 11) is 0. The van der Waals surface area contributed by atoms with Gasteiger partial charge in [-0.15, -0.1) is 0 Å². The molecule has 134 valence electrons. The molecule has 0 aromatic heterocycles. The molecule has 1 saturated carbocycles. The van der Waals surface area contributed by atoms with Gasteiger partial charge in [-0.1, -0.05) is 30.3 Å². The maximum absolute atomic E-state index is 10.7. The van der Waals surface area contributed by atoms with Crippen LogP contribution in [-0.2, 0) is 0 Å². The van der Waals surface area contributed by atoms with E-state index in [1.807, 2.05) is 12.1 Å². The molecule has 1 aliphatic carbocycles. The Morgan fingerprint density at radius 1 is 1.00 bits per heavy atom. The van der Waals surface area contributed by atoms with Crippen LogP contribution in [0.1, 0.15) is 36.0 Å². The van der Waals surface area contributed by atoms with Gasteiger partial charge in [0, 0.05) is 17.5 Å². The van der Waals surface area contributed by atoms with Gasteiger partial charge in [-0.25, -0.2) is 9.59 Å². The van der Waals surface area contributed by atoms with Gasteiger partial charge < -0.3 is 26.4 Å². The van der Waals surface area contributed by atoms with Crippen molar-refractivity contribution >= 4 is 22.8 Å². The second kappa shape index (κ2) is 8.34. The smallest absolute Gasteiger partial charge is 0.404 e. The quantitative estimate of drug-likeness (QED) is 0.568. The molecule has 2 aromatic rings. The maximum Gasteiger partial charge on any atom is 0.404 e. The van der Waals surface area contributed by atoms with E-state index in [0.29, 0.717) is 5.39 Å². The van der Waals surface area contributed by atoms with Crippen molar-refractivity contribution in [2.24, 2.45) is 5.73 Å². The van der Waals surface area contributed by atoms with Gasteiger partial charge in [0.05, 0.1) is 0 Å². The van der Waals surface area contributed by atoms with Crippen molar-refractivity contribution in [3.8, 4) is 5.75 Å². The minimum Gasteiger partial charge on any atom is -0.506 e. The number of aromatic hydroxyl groups is 1. The number of benzene rings is 2. The van der Waals surface area contributed by atoms with Gasteiger partial charge in [-0.05, 0) is 37.1 Å². The van der Waals surface area contributed by atoms with Gasteiger partial charge in [-0.2, -0.15) is 0 Å². The van der Waals surface area contributed by atoms with Gasteiger partial charge >= 0.3 is 12.1 Å². The van der Waals surface area contributed by atoms with Crippen molar-refractivity contribution < 1.29 is 24.9 Å². The molecule has 3 rings (SSSR count). The van der Waals surface area contributed by atoms with Crippen LogP contribution in [0.2, 0.25) is 0 Å². The number of carboxylic acids is 1. The van der Waals surface area contributed by atoms with Crippen LogP contribution < -0.4 is 11.1 Å². The molecule has 6 N–H and O–H groups in total. The van der Waals surface area contributed by atoms with Gasteiger partial charge in [0.25, 0.3) is 0 Å². The molecular weight excluding hydrogens is 324 g/mol. The van der Waals surface area contributed by atoms with Crippen molar-refractivity contribution in [2.75, 3.05) is 0 Å². The van der Waals surface area contributed by atoms with E-state index in [1.54, 1.807) is 18.2 Å². The first-order valence-electron chi connectivity index (χ1n) is 8.07. The molecule has 0 radical (unpaired) electrons. The average molecular weight is 346 g/mol. The number of rotatable bonds is 2. The summed E-state index contributed by atoms with van der Waals surface area (Å²) in [5.41, 5.74) is 5.59. The van der Waals surface area contributed by atoms with E-state index in [-0.39, 0.29) is 23.4 Å². The van der Waals surface area contributed by atoms with Crippen LogP contribution in [0.4, 0.5) is 4.79 Å². The molecule has 1 amide bonds. The number of carboxylic acid groups (broad SMARTS) is 2. The van der Waals surface area contributed by atoms with Gasteiger partial charge in [0.2, 0.25) is 0 Å². The third-order valence-corrected chi connectivity index (χ3v) is 4.23. The molecule has 25 heavy (non-hydrogen) atoms. The lowest BCUT2D eigenvalue weighted by Gasteiger charge is -2.25. The summed E-state index contributed by atoms with van der Waals surface area (Å²) in [6, 6.07) is 10.6. The number of nitrogens with two attached hydrogens (primary N) is 1. The second-order valence-corrected chi connectivity index (χ2v) is 6.05. The molecule has 2 aromatic carbocycles. The third kappa shape index (κ3) is 5.09. The summed E-state index contributed by atoms with van der Waals surface area (Å²) in [5, 5.41) is 30.6. The SMILES string of the molecule is NC1CCC(NC(=O)O)CC1.O=C(O)c1ccc2ccccc2c1O. The van der Waals surface area contributed by atoms with Crippen LogP contribution in [0.25, 0.3) is 10.8 Å². The standard InChI is InChI=1S/C11H8O3.C7H14N2O2/c12-10-8-4-2-1-3-7(8)5-6-9(10)11(13)14;8-5-1-3-6(4-2-5)9-7(10)11/h1-6,12H,(H,13,14);5-6,9H,1-4,8H2,(H,10,11). The van der Waals surface area contributed by atoms with Crippen molar-refractivity contribution in [3.05, 3.63) is 42.0 Å². The minimum atomic E-state index is -1.12. The minimum absolute atomic E-state index is 0.0660. The Kier molecular flexibility index (Phi) is 6.19. The van der Waals surface area contributed by atoms with Crippen molar-refractivity contribution in [3.63, 3.8) is 0 Å². The number of hydrogen-bond acceptors (Lipinski definition) is 4. The molecule has 7 heteroatoms. The highest BCUT2D eigenvalue weighted by atomic mass is 16.4. The molecule has 0 bridgehead atoms. The Bertz CT molecular complexity index is 754. The number of aromatic carboxylic acids is 1. The van der Waals surface area contributed by atoms with E-state index in [4.69, 9.17) is 15.9 Å². The Morgan fingerprint density at radius 3 is 2.24 bits per heavy atom. The summed E-state index contributed by atoms with van der Waals surface area (Å²) in [6.45, 7) is 0. The Balaban J connectivity index is 0.000000186. The van der Waals surface area contributed by atoms with Gasteiger partial charge in [-0.3, -0.25) is 0 Å². The molecule has 0 unspecified atom stereocenters. The lowest BCUT2D eigenvalue weighted by molar-refractivity contribution is 0.0694. The van der Waals surface area contributed by atoms with E-state index in [2.05, 4.69) is 5.32 Å². The first-order valence-corrected chi connectivity index (χ1v) is 8.07. The molecular formula is C18H22N2O5. The predicted molar refractivity (Wildman–Crippen MR) is 94.0 cm³/mol. The van der Waals surface area contributed by atoms with E-state index in [9.17, 15) is 14.7 Å². The summed E-state index contributed by atoms with van der Waals surface area (Å²) >= 11 is 0. The average Bonchev–Trinajstić information content (AvgIpc) is 2.57. The van der Waals surface area contributed by atoms with Crippen molar-refractivity contribution in [2.45, 2.75) is 37.8 Å². The molecule has 0 atom stereocenters. The third-order valence-electron chi connectivity index (χ3n) is 4.23. The zero-order chi connectivity index (χ0) is 18.4. The maximum atomic E-state index is 10.7. The van der Waals surface area contributed by atoms with Crippen molar-refractivity contribution in [1.29, 1.82) is 0 Å². The second-order valence-electron chi connectivity index (χ2n) is 6.05. The van der Waals surface area contributed by atoms with E-state index >= 15 is 0 Å². The zero-order valence-electron chi connectivity index (χ0n) is 13.7. The normalized spacial score (nSPS) is 19.6. The van der Waals surface area contributed by atoms with E-state index in [1.165, 1.54) is 6.07 Å². The number of carbonyl (C=O) groups is 2. The molecule has 1 fully saturated rings. The fraction of sp³-hybridized carbons (Fsp3) is 0.333. The molecule has 7 nitrogen and oxygen atoms in total. The topological polar surface area (TPSA) is 133 Å². The number of phenols is 1. The number of fused-ring (bicyclic) bond motifs is 1. The van der Waals surface area contributed by atoms with Crippen LogP contribution in [0.15, 0.2) is 36.4 Å². The Labute approximate surface area is 145 Å². The largest absolute Gasteiger partial charge is 0.506 e. The molecule has 0 saturated heterocycles. The molecule has 0 spiro atoms. The van der Waals surface area contributed by atoms with Crippen molar-refractivity contribution in [1.82, 2.24) is 5.32 Å². The first kappa shape index (κ1) is 18.5. The fourth-order valence-electron chi connectivity index (χ4n) is 2.87. The van der Waals surface area contributed by atoms with Crippen LogP contribution >= 0.6 is 0 Å². The van der Waals surface area contributed by atoms with Crippen LogP contribution in [0, 0.1) is 0 Å². The predicted octanol–water partition coefficient (Wildman–Crippen LogP) is 2.77. The summed E-state index contributed by atoms with van der Waals surface area (Å²) in [5.74, 6) is -1.29. The monoisotopic (exact) mass is 346 g/mol. The number of hydrogen-bond donors (Lipinski definition) is 5. The van der Waals surface area contributed by atoms with Gasteiger partial charge in [0.15, 0.2) is 0 Å². The van der Waals surface area contributed by atoms with Crippen LogP contribution in [-0.4, -0.2) is 39.5 Å². The molecule has 1 aliphatic rings. The Morgan fingerprint density at radius 2 is 1.64 bits per heavy atom. The Hall–Kier alpha value is -2.80. The lowest BCUT2D eigenvalue weighted by atomic mass is 9.92. The van der Waals surface area contributed by atoms with E-state index < -0.39 is 12.1 Å². The summed E-state index contributed by atoms with van der Waals surface area (Å²) in [4.78, 5) is 20.9. The highest BCUT2D eigenvalue weighted by molar-refractivity contribution is 6.00.